The Morgan fingerprint density at radius 2 is 1.84 bits per heavy atom. The molecule has 3 rings (SSSR count). The quantitative estimate of drug-likeness (QED) is 0.662. The third-order valence-corrected chi connectivity index (χ3v) is 5.56. The summed E-state index contributed by atoms with van der Waals surface area (Å²) in [6.45, 7) is 3.73. The van der Waals surface area contributed by atoms with Gasteiger partial charge in [0.25, 0.3) is 0 Å². The molecule has 1 saturated heterocycles. The van der Waals surface area contributed by atoms with Crippen LogP contribution in [0.5, 0.6) is 0 Å². The van der Waals surface area contributed by atoms with Gasteiger partial charge in [0.2, 0.25) is 5.91 Å². The summed E-state index contributed by atoms with van der Waals surface area (Å²) in [5.74, 6) is -0.935. The number of halogens is 4. The van der Waals surface area contributed by atoms with E-state index in [2.05, 4.69) is 10.2 Å². The summed E-state index contributed by atoms with van der Waals surface area (Å²) in [5, 5.41) is 2.30. The maximum absolute atomic E-state index is 13.2. The molecule has 1 aliphatic heterocycles. The zero-order valence-corrected chi connectivity index (χ0v) is 18.3. The molecule has 172 valence electrons. The van der Waals surface area contributed by atoms with Crippen LogP contribution in [0.25, 0.3) is 0 Å². The minimum Gasteiger partial charge on any atom is -0.465 e. The second-order valence-electron chi connectivity index (χ2n) is 7.54. The summed E-state index contributed by atoms with van der Waals surface area (Å²) in [7, 11) is 1.32. The maximum Gasteiger partial charge on any atom is 0.418 e. The Morgan fingerprint density at radius 3 is 2.44 bits per heavy atom. The Hall–Kier alpha value is -2.78. The van der Waals surface area contributed by atoms with Gasteiger partial charge >= 0.3 is 12.1 Å². The van der Waals surface area contributed by atoms with Gasteiger partial charge in [0.1, 0.15) is 0 Å². The maximum atomic E-state index is 13.2. The van der Waals surface area contributed by atoms with Crippen molar-refractivity contribution in [1.82, 2.24) is 4.90 Å². The Labute approximate surface area is 188 Å². The van der Waals surface area contributed by atoms with Crippen molar-refractivity contribution in [3.63, 3.8) is 0 Å². The smallest absolute Gasteiger partial charge is 0.418 e. The number of hydrogen-bond acceptors (Lipinski definition) is 5. The highest BCUT2D eigenvalue weighted by molar-refractivity contribution is 6.30. The largest absolute Gasteiger partial charge is 0.465 e. The first-order valence-corrected chi connectivity index (χ1v) is 10.3. The number of amides is 1. The zero-order chi connectivity index (χ0) is 23.5. The first-order chi connectivity index (χ1) is 15.1. The molecule has 0 aliphatic carbocycles. The number of anilines is 2. The second-order valence-corrected chi connectivity index (χ2v) is 7.98. The number of esters is 1. The average molecular weight is 470 g/mol. The van der Waals surface area contributed by atoms with Gasteiger partial charge in [-0.15, -0.1) is 0 Å². The fourth-order valence-corrected chi connectivity index (χ4v) is 3.80. The van der Waals surface area contributed by atoms with Gasteiger partial charge in [-0.05, 0) is 49.4 Å². The number of nitrogens with zero attached hydrogens (tertiary/aromatic N) is 2. The summed E-state index contributed by atoms with van der Waals surface area (Å²) < 4.78 is 44.4. The van der Waals surface area contributed by atoms with Gasteiger partial charge in [0, 0.05) is 36.4 Å². The number of alkyl halides is 3. The molecule has 0 aromatic heterocycles. The van der Waals surface area contributed by atoms with E-state index in [1.54, 1.807) is 12.1 Å². The second kappa shape index (κ2) is 9.79. The summed E-state index contributed by atoms with van der Waals surface area (Å²) in [6, 6.07) is 10.3. The van der Waals surface area contributed by atoms with Gasteiger partial charge < -0.3 is 15.0 Å². The molecule has 1 fully saturated rings. The Kier molecular flexibility index (Phi) is 7.30. The van der Waals surface area contributed by atoms with E-state index in [0.29, 0.717) is 25.2 Å². The lowest BCUT2D eigenvalue weighted by molar-refractivity contribution is -0.137. The van der Waals surface area contributed by atoms with E-state index < -0.39 is 23.6 Å². The van der Waals surface area contributed by atoms with E-state index >= 15 is 0 Å². The molecule has 1 aliphatic rings. The highest BCUT2D eigenvalue weighted by Gasteiger charge is 2.34. The standard InChI is InChI=1S/C22H23ClF3N3O3/c1-14-12-29(17-6-3-15(4-7-17)21(31)32-2)10-9-28(14)13-20(30)27-19-8-5-16(23)11-18(19)22(24,25)26/h3-8,11,14H,9-10,12-13H2,1-2H3,(H,27,30). The van der Waals surface area contributed by atoms with E-state index in [1.165, 1.54) is 13.2 Å². The normalized spacial score (nSPS) is 17.2. The van der Waals surface area contributed by atoms with Crippen molar-refractivity contribution in [2.45, 2.75) is 19.1 Å². The molecule has 1 unspecified atom stereocenters. The van der Waals surface area contributed by atoms with Crippen molar-refractivity contribution in [2.24, 2.45) is 0 Å². The fourth-order valence-electron chi connectivity index (χ4n) is 3.63. The number of piperazine rings is 1. The number of nitrogens with one attached hydrogen (secondary N) is 1. The molecule has 0 saturated carbocycles. The highest BCUT2D eigenvalue weighted by Crippen LogP contribution is 2.36. The summed E-state index contributed by atoms with van der Waals surface area (Å²) >= 11 is 5.68. The Morgan fingerprint density at radius 1 is 1.16 bits per heavy atom. The number of methoxy groups -OCH3 is 1. The number of rotatable bonds is 5. The van der Waals surface area contributed by atoms with Gasteiger partial charge in [0.05, 0.1) is 30.5 Å². The minimum atomic E-state index is -4.63. The zero-order valence-electron chi connectivity index (χ0n) is 17.6. The number of carbonyl (C=O) groups excluding carboxylic acids is 2. The first kappa shape index (κ1) is 23.9. The van der Waals surface area contributed by atoms with E-state index in [9.17, 15) is 22.8 Å². The van der Waals surface area contributed by atoms with Crippen LogP contribution in [0.2, 0.25) is 5.02 Å². The van der Waals surface area contributed by atoms with Gasteiger partial charge in [-0.2, -0.15) is 13.2 Å². The van der Waals surface area contributed by atoms with E-state index in [1.807, 2.05) is 24.0 Å². The molecular formula is C22H23ClF3N3O3. The van der Waals surface area contributed by atoms with E-state index in [4.69, 9.17) is 16.3 Å². The van der Waals surface area contributed by atoms with Crippen LogP contribution in [0, 0.1) is 0 Å². The van der Waals surface area contributed by atoms with Crippen LogP contribution >= 0.6 is 11.6 Å². The van der Waals surface area contributed by atoms with Gasteiger partial charge in [-0.25, -0.2) is 4.79 Å². The number of carbonyl (C=O) groups is 2. The Bertz CT molecular complexity index is 983. The van der Waals surface area contributed by atoms with Crippen LogP contribution in [0.15, 0.2) is 42.5 Å². The van der Waals surface area contributed by atoms with Crippen molar-refractivity contribution < 1.29 is 27.5 Å². The van der Waals surface area contributed by atoms with Crippen LogP contribution in [0.4, 0.5) is 24.5 Å². The van der Waals surface area contributed by atoms with Crippen LogP contribution in [-0.2, 0) is 15.7 Å². The van der Waals surface area contributed by atoms with Crippen LogP contribution in [0.1, 0.15) is 22.8 Å². The minimum absolute atomic E-state index is 0.0120. The molecule has 0 radical (unpaired) electrons. The van der Waals surface area contributed by atoms with Crippen molar-refractivity contribution >= 4 is 34.9 Å². The summed E-state index contributed by atoms with van der Waals surface area (Å²) in [5.41, 5.74) is 0.0973. The lowest BCUT2D eigenvalue weighted by Gasteiger charge is -2.40. The molecule has 2 aromatic carbocycles. The summed E-state index contributed by atoms with van der Waals surface area (Å²) in [4.78, 5) is 28.1. The van der Waals surface area contributed by atoms with E-state index in [-0.39, 0.29) is 23.3 Å². The lowest BCUT2D eigenvalue weighted by atomic mass is 10.1. The molecule has 1 amide bonds. The third kappa shape index (κ3) is 5.72. The van der Waals surface area contributed by atoms with Crippen molar-refractivity contribution in [3.05, 3.63) is 58.6 Å². The monoisotopic (exact) mass is 469 g/mol. The van der Waals surface area contributed by atoms with Gasteiger partial charge in [0.15, 0.2) is 0 Å². The topological polar surface area (TPSA) is 61.9 Å². The van der Waals surface area contributed by atoms with Crippen molar-refractivity contribution in [2.75, 3.05) is 43.5 Å². The molecule has 1 N–H and O–H groups in total. The molecule has 6 nitrogen and oxygen atoms in total. The SMILES string of the molecule is COC(=O)c1ccc(N2CCN(CC(=O)Nc3ccc(Cl)cc3C(F)(F)F)C(C)C2)cc1. The number of benzene rings is 2. The molecule has 1 heterocycles. The fraction of sp³-hybridized carbons (Fsp3) is 0.364. The lowest BCUT2D eigenvalue weighted by Crippen LogP contribution is -2.53. The molecule has 0 bridgehead atoms. The first-order valence-electron chi connectivity index (χ1n) is 9.92. The predicted molar refractivity (Wildman–Crippen MR) is 116 cm³/mol. The van der Waals surface area contributed by atoms with Crippen LogP contribution in [0.3, 0.4) is 0 Å². The highest BCUT2D eigenvalue weighted by atomic mass is 35.5. The number of hydrogen-bond donors (Lipinski definition) is 1. The van der Waals surface area contributed by atoms with Crippen LogP contribution in [-0.4, -0.2) is 56.1 Å². The Balaban J connectivity index is 1.60. The molecule has 10 heteroatoms. The summed E-state index contributed by atoms with van der Waals surface area (Å²) in [6.07, 6.45) is -4.63. The predicted octanol–water partition coefficient (Wildman–Crippen LogP) is 4.29. The van der Waals surface area contributed by atoms with Gasteiger partial charge in [-0.3, -0.25) is 9.69 Å². The number of ether oxygens (including phenoxy) is 1. The van der Waals surface area contributed by atoms with Crippen molar-refractivity contribution in [1.29, 1.82) is 0 Å². The third-order valence-electron chi connectivity index (χ3n) is 5.33. The molecule has 32 heavy (non-hydrogen) atoms. The average Bonchev–Trinajstić information content (AvgIpc) is 2.75. The van der Waals surface area contributed by atoms with Crippen LogP contribution < -0.4 is 10.2 Å². The molecular weight excluding hydrogens is 447 g/mol. The van der Waals surface area contributed by atoms with E-state index in [0.717, 1.165) is 17.8 Å². The van der Waals surface area contributed by atoms with Crippen molar-refractivity contribution in [3.8, 4) is 0 Å². The molecule has 2 aromatic rings. The van der Waals surface area contributed by atoms with Gasteiger partial charge in [-0.1, -0.05) is 11.6 Å². The molecule has 0 spiro atoms. The molecule has 1 atom stereocenters.